The largest absolute Gasteiger partial charge is 0.495 e. The van der Waals surface area contributed by atoms with Crippen LogP contribution in [0, 0.1) is 0 Å². The lowest BCUT2D eigenvalue weighted by atomic mass is 10.2. The minimum atomic E-state index is -0.302. The molecule has 0 fully saturated rings. The first-order chi connectivity index (χ1) is 13.0. The van der Waals surface area contributed by atoms with E-state index >= 15 is 0 Å². The molecule has 1 heterocycles. The number of hydrogen-bond acceptors (Lipinski definition) is 6. The number of nitrogens with one attached hydrogen (secondary N) is 2. The molecule has 0 aromatic heterocycles. The van der Waals surface area contributed by atoms with Crippen LogP contribution in [0.5, 0.6) is 23.0 Å². The summed E-state index contributed by atoms with van der Waals surface area (Å²) < 4.78 is 21.4. The van der Waals surface area contributed by atoms with Crippen LogP contribution in [0.25, 0.3) is 0 Å². The maximum atomic E-state index is 12.3. The Balaban J connectivity index is 1.68. The summed E-state index contributed by atoms with van der Waals surface area (Å²) >= 11 is 12.3. The number of halogens is 2. The number of hydrogen-bond donors (Lipinski definition) is 2. The fourth-order valence-corrected chi connectivity index (χ4v) is 2.98. The van der Waals surface area contributed by atoms with Crippen LogP contribution in [0.1, 0.15) is 0 Å². The minimum absolute atomic E-state index is 0.0204. The molecule has 1 aliphatic heterocycles. The van der Waals surface area contributed by atoms with E-state index in [4.69, 9.17) is 42.1 Å². The van der Waals surface area contributed by atoms with Crippen LogP contribution in [0.4, 0.5) is 11.4 Å². The number of ether oxygens (including phenoxy) is 4. The molecule has 27 heavy (non-hydrogen) atoms. The van der Waals surface area contributed by atoms with Gasteiger partial charge >= 0.3 is 0 Å². The lowest BCUT2D eigenvalue weighted by Crippen LogP contribution is -2.22. The summed E-state index contributed by atoms with van der Waals surface area (Å²) in [6.45, 7) is 0.922. The highest BCUT2D eigenvalue weighted by atomic mass is 35.5. The number of carbonyl (C=O) groups excluding carboxylic acids is 1. The van der Waals surface area contributed by atoms with Crippen LogP contribution in [-0.4, -0.2) is 39.9 Å². The molecule has 0 aliphatic carbocycles. The van der Waals surface area contributed by atoms with Gasteiger partial charge in [-0.1, -0.05) is 23.2 Å². The third-order valence-corrected chi connectivity index (χ3v) is 4.43. The van der Waals surface area contributed by atoms with E-state index in [1.807, 2.05) is 0 Å². The van der Waals surface area contributed by atoms with Crippen molar-refractivity contribution in [3.8, 4) is 23.0 Å². The Labute approximate surface area is 166 Å². The van der Waals surface area contributed by atoms with Gasteiger partial charge in [0.2, 0.25) is 5.91 Å². The summed E-state index contributed by atoms with van der Waals surface area (Å²) in [7, 11) is 2.98. The van der Waals surface area contributed by atoms with Gasteiger partial charge in [-0.25, -0.2) is 0 Å². The van der Waals surface area contributed by atoms with Crippen LogP contribution in [0.15, 0.2) is 24.3 Å². The van der Waals surface area contributed by atoms with E-state index in [1.54, 1.807) is 24.3 Å². The Bertz CT molecular complexity index is 860. The summed E-state index contributed by atoms with van der Waals surface area (Å²) in [5, 5.41) is 6.55. The molecule has 0 saturated carbocycles. The van der Waals surface area contributed by atoms with E-state index in [0.29, 0.717) is 57.6 Å². The standard InChI is InChI=1S/C18H18Cl2N2O5/c1-24-14-8-13(15(25-2)6-11(14)20)22-18(23)9-21-12-7-17-16(5-10(12)19)26-3-4-27-17/h5-8,21H,3-4,9H2,1-2H3,(H,22,23). The molecule has 0 radical (unpaired) electrons. The first kappa shape index (κ1) is 19.3. The molecule has 0 bridgehead atoms. The molecule has 7 nitrogen and oxygen atoms in total. The topological polar surface area (TPSA) is 78.1 Å². The lowest BCUT2D eigenvalue weighted by molar-refractivity contribution is -0.114. The second kappa shape index (κ2) is 8.45. The Morgan fingerprint density at radius 3 is 2.30 bits per heavy atom. The first-order valence-corrected chi connectivity index (χ1v) is 8.81. The molecule has 2 aromatic rings. The van der Waals surface area contributed by atoms with E-state index in [9.17, 15) is 4.79 Å². The fourth-order valence-electron chi connectivity index (χ4n) is 2.53. The number of methoxy groups -OCH3 is 2. The maximum absolute atomic E-state index is 12.3. The van der Waals surface area contributed by atoms with Gasteiger partial charge in [0.05, 0.1) is 42.2 Å². The number of carbonyl (C=O) groups is 1. The normalized spacial score (nSPS) is 12.3. The molecular weight excluding hydrogens is 395 g/mol. The van der Waals surface area contributed by atoms with Gasteiger partial charge in [-0.2, -0.15) is 0 Å². The number of rotatable bonds is 6. The van der Waals surface area contributed by atoms with Crippen LogP contribution in [0.3, 0.4) is 0 Å². The zero-order valence-electron chi connectivity index (χ0n) is 14.7. The molecule has 9 heteroatoms. The molecule has 0 unspecified atom stereocenters. The number of fused-ring (bicyclic) bond motifs is 1. The van der Waals surface area contributed by atoms with Crippen molar-refractivity contribution in [2.24, 2.45) is 0 Å². The molecule has 2 N–H and O–H groups in total. The molecule has 2 aromatic carbocycles. The predicted octanol–water partition coefficient (Wildman–Crippen LogP) is 3.83. The molecule has 0 spiro atoms. The van der Waals surface area contributed by atoms with Gasteiger partial charge in [0.25, 0.3) is 0 Å². The van der Waals surface area contributed by atoms with Gasteiger partial charge in [0.1, 0.15) is 24.7 Å². The van der Waals surface area contributed by atoms with E-state index in [0.717, 1.165) is 0 Å². The summed E-state index contributed by atoms with van der Waals surface area (Å²) in [6.07, 6.45) is 0. The Morgan fingerprint density at radius 2 is 1.63 bits per heavy atom. The summed E-state index contributed by atoms with van der Waals surface area (Å²) in [5.74, 6) is 1.71. The number of benzene rings is 2. The van der Waals surface area contributed by atoms with E-state index in [1.165, 1.54) is 14.2 Å². The van der Waals surface area contributed by atoms with Crippen LogP contribution >= 0.6 is 23.2 Å². The second-order valence-electron chi connectivity index (χ2n) is 5.56. The quantitative estimate of drug-likeness (QED) is 0.750. The average molecular weight is 413 g/mol. The van der Waals surface area contributed by atoms with E-state index in [2.05, 4.69) is 10.6 Å². The molecule has 0 saturated heterocycles. The predicted molar refractivity (Wildman–Crippen MR) is 104 cm³/mol. The number of anilines is 2. The van der Waals surface area contributed by atoms with Crippen LogP contribution < -0.4 is 29.6 Å². The monoisotopic (exact) mass is 412 g/mol. The van der Waals surface area contributed by atoms with Crippen molar-refractivity contribution >= 4 is 40.5 Å². The molecule has 3 rings (SSSR count). The molecule has 0 atom stereocenters. The lowest BCUT2D eigenvalue weighted by Gasteiger charge is -2.20. The zero-order chi connectivity index (χ0) is 19.4. The number of amides is 1. The zero-order valence-corrected chi connectivity index (χ0v) is 16.2. The fraction of sp³-hybridized carbons (Fsp3) is 0.278. The van der Waals surface area contributed by atoms with E-state index < -0.39 is 0 Å². The molecule has 1 amide bonds. The SMILES string of the molecule is COc1cc(NC(=O)CNc2cc3c(cc2Cl)OCCO3)c(OC)cc1Cl. The Kier molecular flexibility index (Phi) is 6.03. The van der Waals surface area contributed by atoms with Crippen molar-refractivity contribution in [1.29, 1.82) is 0 Å². The molecule has 1 aliphatic rings. The highest BCUT2D eigenvalue weighted by molar-refractivity contribution is 6.33. The van der Waals surface area contributed by atoms with Crippen LogP contribution in [0.2, 0.25) is 10.0 Å². The highest BCUT2D eigenvalue weighted by Gasteiger charge is 2.16. The van der Waals surface area contributed by atoms with Gasteiger partial charge in [-0.05, 0) is 0 Å². The highest BCUT2D eigenvalue weighted by Crippen LogP contribution is 2.38. The molecule has 144 valence electrons. The van der Waals surface area contributed by atoms with Crippen LogP contribution in [-0.2, 0) is 4.79 Å². The van der Waals surface area contributed by atoms with Crippen molar-refractivity contribution in [2.75, 3.05) is 44.6 Å². The van der Waals surface area contributed by atoms with Crippen molar-refractivity contribution in [3.05, 3.63) is 34.3 Å². The second-order valence-corrected chi connectivity index (χ2v) is 6.38. The maximum Gasteiger partial charge on any atom is 0.243 e. The first-order valence-electron chi connectivity index (χ1n) is 8.06. The van der Waals surface area contributed by atoms with Crippen molar-refractivity contribution in [2.45, 2.75) is 0 Å². The van der Waals surface area contributed by atoms with Gasteiger partial charge in [0, 0.05) is 24.3 Å². The third kappa shape index (κ3) is 4.43. The third-order valence-electron chi connectivity index (χ3n) is 3.82. The van der Waals surface area contributed by atoms with E-state index in [-0.39, 0.29) is 12.5 Å². The van der Waals surface area contributed by atoms with Gasteiger partial charge in [-0.15, -0.1) is 0 Å². The Morgan fingerprint density at radius 1 is 0.963 bits per heavy atom. The Hall–Kier alpha value is -2.51. The van der Waals surface area contributed by atoms with Gasteiger partial charge < -0.3 is 29.6 Å². The smallest absolute Gasteiger partial charge is 0.243 e. The van der Waals surface area contributed by atoms with Crippen molar-refractivity contribution < 1.29 is 23.7 Å². The average Bonchev–Trinajstić information content (AvgIpc) is 2.67. The van der Waals surface area contributed by atoms with Gasteiger partial charge in [-0.3, -0.25) is 4.79 Å². The summed E-state index contributed by atoms with van der Waals surface area (Å²) in [5.41, 5.74) is 1.01. The van der Waals surface area contributed by atoms with Gasteiger partial charge in [0.15, 0.2) is 11.5 Å². The summed E-state index contributed by atoms with van der Waals surface area (Å²) in [6, 6.07) is 6.52. The van der Waals surface area contributed by atoms with Crippen molar-refractivity contribution in [1.82, 2.24) is 0 Å². The van der Waals surface area contributed by atoms with Crippen molar-refractivity contribution in [3.63, 3.8) is 0 Å². The minimum Gasteiger partial charge on any atom is -0.495 e. The summed E-state index contributed by atoms with van der Waals surface area (Å²) in [4.78, 5) is 12.3. The molecular formula is C18H18Cl2N2O5.